The van der Waals surface area contributed by atoms with Gasteiger partial charge >= 0.3 is 0 Å². The fourth-order valence-electron chi connectivity index (χ4n) is 3.51. The normalized spacial score (nSPS) is 15.1. The van der Waals surface area contributed by atoms with Gasteiger partial charge in [0.2, 0.25) is 10.0 Å². The molecule has 31 heavy (non-hydrogen) atoms. The van der Waals surface area contributed by atoms with Gasteiger partial charge in [-0.3, -0.25) is 4.79 Å². The van der Waals surface area contributed by atoms with Crippen LogP contribution in [0.5, 0.6) is 0 Å². The number of sulfonamides is 1. The quantitative estimate of drug-likeness (QED) is 0.557. The second-order valence-corrected chi connectivity index (χ2v) is 9.52. The second kappa shape index (κ2) is 8.19. The molecule has 0 unspecified atom stereocenters. The van der Waals surface area contributed by atoms with Crippen LogP contribution in [0.25, 0.3) is 11.2 Å². The summed E-state index contributed by atoms with van der Waals surface area (Å²) in [4.78, 5) is 25.5. The monoisotopic (exact) mass is 444 g/mol. The average molecular weight is 445 g/mol. The van der Waals surface area contributed by atoms with E-state index < -0.39 is 10.0 Å². The van der Waals surface area contributed by atoms with Gasteiger partial charge in [-0.25, -0.2) is 27.4 Å². The van der Waals surface area contributed by atoms with Gasteiger partial charge in [0.1, 0.15) is 6.33 Å². The predicted octanol–water partition coefficient (Wildman–Crippen LogP) is 0.454. The van der Waals surface area contributed by atoms with Crippen LogP contribution in [-0.2, 0) is 16.6 Å². The van der Waals surface area contributed by atoms with Gasteiger partial charge in [-0.1, -0.05) is 5.21 Å². The van der Waals surface area contributed by atoms with Crippen LogP contribution in [0, 0.1) is 0 Å². The highest BCUT2D eigenvalue weighted by atomic mass is 32.2. The molecular formula is C19H24N8O3S. The molecule has 0 radical (unpaired) electrons. The minimum absolute atomic E-state index is 0.127. The Kier molecular flexibility index (Phi) is 5.58. The van der Waals surface area contributed by atoms with Crippen LogP contribution in [0.1, 0.15) is 17.3 Å². The molecule has 2 aromatic heterocycles. The molecule has 11 nitrogen and oxygen atoms in total. The first-order valence-electron chi connectivity index (χ1n) is 9.94. The molecule has 0 spiro atoms. The van der Waals surface area contributed by atoms with Crippen molar-refractivity contribution >= 4 is 32.9 Å². The summed E-state index contributed by atoms with van der Waals surface area (Å²) in [5, 5.41) is 8.33. The Labute approximate surface area is 180 Å². The molecule has 12 heteroatoms. The summed E-state index contributed by atoms with van der Waals surface area (Å²) in [5.74, 6) is 0.591. The fourth-order valence-corrected chi connectivity index (χ4v) is 4.41. The maximum Gasteiger partial charge on any atom is 0.253 e. The minimum Gasteiger partial charge on any atom is -0.351 e. The number of benzene rings is 1. The Morgan fingerprint density at radius 1 is 1.06 bits per heavy atom. The predicted molar refractivity (Wildman–Crippen MR) is 114 cm³/mol. The number of fused-ring (bicyclic) bond motifs is 1. The third-order valence-electron chi connectivity index (χ3n) is 5.33. The number of aromatic nitrogens is 5. The van der Waals surface area contributed by atoms with Gasteiger partial charge in [0.25, 0.3) is 5.91 Å². The number of aryl methyl sites for hydroxylation is 1. The molecule has 1 amide bonds. The highest BCUT2D eigenvalue weighted by Gasteiger charge is 2.26. The molecule has 0 aliphatic carbocycles. The zero-order chi connectivity index (χ0) is 22.2. The summed E-state index contributed by atoms with van der Waals surface area (Å²) in [7, 11) is -0.575. The highest BCUT2D eigenvalue weighted by Crippen LogP contribution is 2.22. The van der Waals surface area contributed by atoms with E-state index in [2.05, 4.69) is 25.2 Å². The van der Waals surface area contributed by atoms with Crippen LogP contribution >= 0.6 is 0 Å². The largest absolute Gasteiger partial charge is 0.351 e. The van der Waals surface area contributed by atoms with Gasteiger partial charge in [0, 0.05) is 52.4 Å². The van der Waals surface area contributed by atoms with E-state index in [-0.39, 0.29) is 10.8 Å². The average Bonchev–Trinajstić information content (AvgIpc) is 3.22. The highest BCUT2D eigenvalue weighted by molar-refractivity contribution is 7.89. The van der Waals surface area contributed by atoms with Gasteiger partial charge in [0.05, 0.1) is 4.90 Å². The number of piperazine rings is 1. The van der Waals surface area contributed by atoms with E-state index in [1.54, 1.807) is 21.7 Å². The van der Waals surface area contributed by atoms with E-state index in [0.29, 0.717) is 49.5 Å². The number of carbonyl (C=O) groups is 1. The minimum atomic E-state index is -3.52. The Morgan fingerprint density at radius 2 is 1.74 bits per heavy atom. The SMILES string of the molecule is CCn1nnc2c(N3CCN(C(=O)c4ccc(S(=O)(=O)N(C)C)cc4)CC3)ncnc21. The summed E-state index contributed by atoms with van der Waals surface area (Å²) in [6, 6.07) is 6.05. The van der Waals surface area contributed by atoms with Crippen LogP contribution in [-0.4, -0.2) is 88.8 Å². The van der Waals surface area contributed by atoms with Crippen LogP contribution in [0.2, 0.25) is 0 Å². The van der Waals surface area contributed by atoms with Crippen molar-refractivity contribution in [3.63, 3.8) is 0 Å². The van der Waals surface area contributed by atoms with E-state index >= 15 is 0 Å². The van der Waals surface area contributed by atoms with Crippen LogP contribution in [0.15, 0.2) is 35.5 Å². The molecule has 0 atom stereocenters. The van der Waals surface area contributed by atoms with Gasteiger partial charge in [0.15, 0.2) is 17.0 Å². The lowest BCUT2D eigenvalue weighted by Crippen LogP contribution is -2.49. The van der Waals surface area contributed by atoms with Gasteiger partial charge < -0.3 is 9.80 Å². The lowest BCUT2D eigenvalue weighted by atomic mass is 10.2. The lowest BCUT2D eigenvalue weighted by molar-refractivity contribution is 0.0746. The smallest absolute Gasteiger partial charge is 0.253 e. The number of hydrogen-bond donors (Lipinski definition) is 0. The molecular weight excluding hydrogens is 420 g/mol. The van der Waals surface area contributed by atoms with Gasteiger partial charge in [-0.2, -0.15) is 0 Å². The topological polar surface area (TPSA) is 117 Å². The van der Waals surface area contributed by atoms with Crippen molar-refractivity contribution in [3.8, 4) is 0 Å². The fraction of sp³-hybridized carbons (Fsp3) is 0.421. The van der Waals surface area contributed by atoms with Crippen molar-refractivity contribution in [1.82, 2.24) is 34.2 Å². The van der Waals surface area contributed by atoms with Crippen LogP contribution in [0.3, 0.4) is 0 Å². The Bertz CT molecular complexity index is 1200. The maximum atomic E-state index is 12.9. The number of amides is 1. The molecule has 0 saturated carbocycles. The number of carbonyl (C=O) groups excluding carboxylic acids is 1. The molecule has 1 aliphatic heterocycles. The third-order valence-corrected chi connectivity index (χ3v) is 7.16. The number of rotatable bonds is 5. The number of hydrogen-bond acceptors (Lipinski definition) is 8. The first-order chi connectivity index (χ1) is 14.8. The van der Waals surface area contributed by atoms with Crippen molar-refractivity contribution in [3.05, 3.63) is 36.2 Å². The van der Waals surface area contributed by atoms with Crippen molar-refractivity contribution in [2.24, 2.45) is 0 Å². The molecule has 1 aliphatic rings. The van der Waals surface area contributed by atoms with E-state index in [1.807, 2.05) is 6.92 Å². The van der Waals surface area contributed by atoms with Crippen LogP contribution in [0.4, 0.5) is 5.82 Å². The molecule has 1 aromatic carbocycles. The molecule has 3 aromatic rings. The first-order valence-corrected chi connectivity index (χ1v) is 11.4. The van der Waals surface area contributed by atoms with Crippen molar-refractivity contribution in [2.75, 3.05) is 45.2 Å². The molecule has 0 bridgehead atoms. The van der Waals surface area contributed by atoms with Gasteiger partial charge in [-0.05, 0) is 31.2 Å². The molecule has 0 N–H and O–H groups in total. The molecule has 1 saturated heterocycles. The lowest BCUT2D eigenvalue weighted by Gasteiger charge is -2.35. The number of nitrogens with zero attached hydrogens (tertiary/aromatic N) is 8. The van der Waals surface area contributed by atoms with Crippen molar-refractivity contribution in [2.45, 2.75) is 18.4 Å². The van der Waals surface area contributed by atoms with E-state index in [4.69, 9.17) is 0 Å². The zero-order valence-corrected chi connectivity index (χ0v) is 18.4. The summed E-state index contributed by atoms with van der Waals surface area (Å²) < 4.78 is 27.3. The van der Waals surface area contributed by atoms with E-state index in [1.165, 1.54) is 32.6 Å². The van der Waals surface area contributed by atoms with E-state index in [9.17, 15) is 13.2 Å². The standard InChI is InChI=1S/C19H24N8O3S/c1-4-27-18-16(22-23-27)17(20-13-21-18)25-9-11-26(12-10-25)19(28)14-5-7-15(8-6-14)31(29,30)24(2)3/h5-8,13H,4,9-12H2,1-3H3. The third kappa shape index (κ3) is 3.83. The molecule has 3 heterocycles. The summed E-state index contributed by atoms with van der Waals surface area (Å²) in [5.41, 5.74) is 1.81. The molecule has 4 rings (SSSR count). The first kappa shape index (κ1) is 21.1. The molecule has 1 fully saturated rings. The summed E-state index contributed by atoms with van der Waals surface area (Å²) in [6.45, 7) is 4.88. The van der Waals surface area contributed by atoms with Crippen molar-refractivity contribution in [1.29, 1.82) is 0 Å². The maximum absolute atomic E-state index is 12.9. The second-order valence-electron chi connectivity index (χ2n) is 7.37. The Balaban J connectivity index is 1.46. The zero-order valence-electron chi connectivity index (χ0n) is 17.6. The van der Waals surface area contributed by atoms with Gasteiger partial charge in [-0.15, -0.1) is 5.10 Å². The van der Waals surface area contributed by atoms with Crippen molar-refractivity contribution < 1.29 is 13.2 Å². The summed E-state index contributed by atoms with van der Waals surface area (Å²) in [6.07, 6.45) is 1.51. The van der Waals surface area contributed by atoms with E-state index in [0.717, 1.165) is 10.1 Å². The Morgan fingerprint density at radius 3 is 2.35 bits per heavy atom. The molecule has 164 valence electrons. The number of anilines is 1. The Hall–Kier alpha value is -3.12. The van der Waals surface area contributed by atoms with Crippen LogP contribution < -0.4 is 4.90 Å². The summed E-state index contributed by atoms with van der Waals surface area (Å²) >= 11 is 0.